The summed E-state index contributed by atoms with van der Waals surface area (Å²) in [5.74, 6) is 0. The minimum atomic E-state index is 0.204. The van der Waals surface area contributed by atoms with Crippen LogP contribution in [0.2, 0.25) is 0 Å². The van der Waals surface area contributed by atoms with Crippen LogP contribution in [-0.4, -0.2) is 36.6 Å². The first-order chi connectivity index (χ1) is 5.52. The van der Waals surface area contributed by atoms with Crippen molar-refractivity contribution < 1.29 is 0 Å². The summed E-state index contributed by atoms with van der Waals surface area (Å²) < 4.78 is 0. The van der Waals surface area contributed by atoms with E-state index in [4.69, 9.17) is 11.6 Å². The summed E-state index contributed by atoms with van der Waals surface area (Å²) in [6.07, 6.45) is 0. The molecule has 70 valence electrons. The Morgan fingerprint density at radius 3 is 2.83 bits per heavy atom. The second-order valence-corrected chi connectivity index (χ2v) is 4.46. The Labute approximate surface area is 79.6 Å². The van der Waals surface area contributed by atoms with Crippen LogP contribution in [0.1, 0.15) is 13.8 Å². The van der Waals surface area contributed by atoms with Crippen molar-refractivity contribution in [1.29, 1.82) is 0 Å². The van der Waals surface area contributed by atoms with Gasteiger partial charge in [-0.25, -0.2) is 0 Å². The molecule has 0 atom stereocenters. The average molecular weight is 189 g/mol. The molecule has 0 unspecified atom stereocenters. The maximum absolute atomic E-state index is 5.78. The maximum atomic E-state index is 5.78. The van der Waals surface area contributed by atoms with Gasteiger partial charge in [0.25, 0.3) is 0 Å². The van der Waals surface area contributed by atoms with Crippen LogP contribution >= 0.6 is 11.6 Å². The van der Waals surface area contributed by atoms with Crippen LogP contribution in [0, 0.1) is 0 Å². The molecule has 1 fully saturated rings. The van der Waals surface area contributed by atoms with E-state index in [0.29, 0.717) is 0 Å². The zero-order chi connectivity index (χ0) is 9.19. The number of piperazine rings is 1. The molecule has 1 rings (SSSR count). The largest absolute Gasteiger partial charge is 0.314 e. The van der Waals surface area contributed by atoms with Gasteiger partial charge in [-0.15, -0.1) is 0 Å². The fourth-order valence-corrected chi connectivity index (χ4v) is 1.67. The van der Waals surface area contributed by atoms with E-state index >= 15 is 0 Å². The lowest BCUT2D eigenvalue weighted by Crippen LogP contribution is -2.57. The third-order valence-electron chi connectivity index (χ3n) is 2.33. The Balaban J connectivity index is 2.54. The maximum Gasteiger partial charge on any atom is 0.0342 e. The van der Waals surface area contributed by atoms with Crippen LogP contribution in [0.25, 0.3) is 0 Å². The number of nitrogens with one attached hydrogen (secondary N) is 1. The normalized spacial score (nSPS) is 23.9. The van der Waals surface area contributed by atoms with Gasteiger partial charge in [-0.1, -0.05) is 18.2 Å². The molecule has 0 radical (unpaired) electrons. The van der Waals surface area contributed by atoms with Crippen molar-refractivity contribution >= 4 is 11.6 Å². The number of nitrogens with zero attached hydrogens (tertiary/aromatic N) is 1. The molecule has 0 saturated carbocycles. The number of rotatable bonds is 2. The summed E-state index contributed by atoms with van der Waals surface area (Å²) in [6, 6.07) is 0. The fraction of sp³-hybridized carbons (Fsp3) is 0.778. The van der Waals surface area contributed by atoms with Gasteiger partial charge >= 0.3 is 0 Å². The lowest BCUT2D eigenvalue weighted by molar-refractivity contribution is 0.104. The van der Waals surface area contributed by atoms with Gasteiger partial charge in [-0.3, -0.25) is 4.90 Å². The Morgan fingerprint density at radius 2 is 2.33 bits per heavy atom. The van der Waals surface area contributed by atoms with Gasteiger partial charge in [0.1, 0.15) is 0 Å². The predicted octanol–water partition coefficient (Wildman–Crippen LogP) is 1.42. The molecule has 1 N–H and O–H groups in total. The molecule has 0 aliphatic carbocycles. The molecule has 0 amide bonds. The molecule has 0 spiro atoms. The van der Waals surface area contributed by atoms with Crippen molar-refractivity contribution in [2.45, 2.75) is 19.4 Å². The van der Waals surface area contributed by atoms with Gasteiger partial charge in [0.2, 0.25) is 0 Å². The molecule has 3 heteroatoms. The van der Waals surface area contributed by atoms with Gasteiger partial charge in [-0.05, 0) is 13.8 Å². The van der Waals surface area contributed by atoms with E-state index in [1.54, 1.807) is 0 Å². The van der Waals surface area contributed by atoms with Crippen LogP contribution in [-0.2, 0) is 0 Å². The van der Waals surface area contributed by atoms with Crippen molar-refractivity contribution in [3.05, 3.63) is 11.6 Å². The molecule has 0 aromatic rings. The van der Waals surface area contributed by atoms with Crippen LogP contribution in [0.4, 0.5) is 0 Å². The Kier molecular flexibility index (Phi) is 3.16. The lowest BCUT2D eigenvalue weighted by atomic mass is 10.0. The van der Waals surface area contributed by atoms with Crippen molar-refractivity contribution in [2.24, 2.45) is 0 Å². The highest BCUT2D eigenvalue weighted by molar-refractivity contribution is 6.29. The second-order valence-electron chi connectivity index (χ2n) is 3.93. The monoisotopic (exact) mass is 188 g/mol. The SMILES string of the molecule is C=C(Cl)CN1CCNCC1(C)C. The Hall–Kier alpha value is -0.0500. The van der Waals surface area contributed by atoms with Crippen molar-refractivity contribution in [3.8, 4) is 0 Å². The first kappa shape index (κ1) is 10.0. The van der Waals surface area contributed by atoms with Crippen molar-refractivity contribution in [2.75, 3.05) is 26.2 Å². The van der Waals surface area contributed by atoms with Crippen LogP contribution in [0.3, 0.4) is 0 Å². The number of halogens is 1. The van der Waals surface area contributed by atoms with Crippen molar-refractivity contribution in [1.82, 2.24) is 10.2 Å². The van der Waals surface area contributed by atoms with Crippen molar-refractivity contribution in [3.63, 3.8) is 0 Å². The Bertz CT molecular complexity index is 177. The average Bonchev–Trinajstić information content (AvgIpc) is 1.92. The molecule has 1 aliphatic rings. The van der Waals surface area contributed by atoms with Gasteiger partial charge in [-0.2, -0.15) is 0 Å². The van der Waals surface area contributed by atoms with Crippen LogP contribution in [0.5, 0.6) is 0 Å². The molecule has 0 bridgehead atoms. The van der Waals surface area contributed by atoms with E-state index < -0.39 is 0 Å². The number of hydrogen-bond donors (Lipinski definition) is 1. The predicted molar refractivity (Wildman–Crippen MR) is 53.5 cm³/mol. The summed E-state index contributed by atoms with van der Waals surface area (Å²) in [6.45, 7) is 12.1. The fourth-order valence-electron chi connectivity index (χ4n) is 1.52. The van der Waals surface area contributed by atoms with E-state index in [-0.39, 0.29) is 5.54 Å². The molecular weight excluding hydrogens is 172 g/mol. The molecule has 1 heterocycles. The third kappa shape index (κ3) is 2.47. The zero-order valence-corrected chi connectivity index (χ0v) is 8.62. The minimum Gasteiger partial charge on any atom is -0.314 e. The number of hydrogen-bond acceptors (Lipinski definition) is 2. The molecule has 0 aromatic carbocycles. The summed E-state index contributed by atoms with van der Waals surface area (Å²) in [4.78, 5) is 2.36. The standard InChI is InChI=1S/C9H17ClN2/c1-8(10)6-12-5-4-11-7-9(12,2)3/h11H,1,4-7H2,2-3H3. The van der Waals surface area contributed by atoms with E-state index in [1.807, 2.05) is 0 Å². The van der Waals surface area contributed by atoms with Gasteiger partial charge in [0.05, 0.1) is 0 Å². The topological polar surface area (TPSA) is 15.3 Å². The second kappa shape index (κ2) is 3.77. The highest BCUT2D eigenvalue weighted by atomic mass is 35.5. The molecule has 12 heavy (non-hydrogen) atoms. The molecule has 2 nitrogen and oxygen atoms in total. The Morgan fingerprint density at radius 1 is 1.67 bits per heavy atom. The molecule has 1 saturated heterocycles. The summed E-state index contributed by atoms with van der Waals surface area (Å²) >= 11 is 5.78. The van der Waals surface area contributed by atoms with Crippen LogP contribution in [0.15, 0.2) is 11.6 Å². The van der Waals surface area contributed by atoms with Gasteiger partial charge < -0.3 is 5.32 Å². The summed E-state index contributed by atoms with van der Waals surface area (Å²) in [5.41, 5.74) is 0.204. The highest BCUT2D eigenvalue weighted by Crippen LogP contribution is 2.17. The molecule has 1 aliphatic heterocycles. The minimum absolute atomic E-state index is 0.204. The lowest BCUT2D eigenvalue weighted by Gasteiger charge is -2.42. The van der Waals surface area contributed by atoms with E-state index in [2.05, 4.69) is 30.6 Å². The van der Waals surface area contributed by atoms with Gasteiger partial charge in [0.15, 0.2) is 0 Å². The first-order valence-corrected chi connectivity index (χ1v) is 4.69. The summed E-state index contributed by atoms with van der Waals surface area (Å²) in [5, 5.41) is 4.09. The highest BCUT2D eigenvalue weighted by Gasteiger charge is 2.29. The zero-order valence-electron chi connectivity index (χ0n) is 7.86. The quantitative estimate of drug-likeness (QED) is 0.706. The first-order valence-electron chi connectivity index (χ1n) is 4.31. The molecular formula is C9H17ClN2. The third-order valence-corrected chi connectivity index (χ3v) is 2.45. The van der Waals surface area contributed by atoms with E-state index in [0.717, 1.165) is 31.2 Å². The molecule has 0 aromatic heterocycles. The van der Waals surface area contributed by atoms with Crippen LogP contribution < -0.4 is 5.32 Å². The smallest absolute Gasteiger partial charge is 0.0342 e. The van der Waals surface area contributed by atoms with E-state index in [1.165, 1.54) is 0 Å². The van der Waals surface area contributed by atoms with E-state index in [9.17, 15) is 0 Å². The summed E-state index contributed by atoms with van der Waals surface area (Å²) in [7, 11) is 0. The van der Waals surface area contributed by atoms with Gasteiger partial charge in [0, 0.05) is 36.8 Å².